The summed E-state index contributed by atoms with van der Waals surface area (Å²) in [5.41, 5.74) is 3.13. The molecule has 2 N–H and O–H groups in total. The molecule has 7 nitrogen and oxygen atoms in total. The normalized spacial score (nSPS) is 23.1. The van der Waals surface area contributed by atoms with Gasteiger partial charge < -0.3 is 10.6 Å². The maximum absolute atomic E-state index is 13.8. The number of nitrogens with zero attached hydrogens (tertiary/aromatic N) is 5. The summed E-state index contributed by atoms with van der Waals surface area (Å²) in [4.78, 5) is 4.50. The Morgan fingerprint density at radius 1 is 1.15 bits per heavy atom. The van der Waals surface area contributed by atoms with Crippen LogP contribution in [0, 0.1) is 29.0 Å². The number of aromatic nitrogens is 4. The van der Waals surface area contributed by atoms with Gasteiger partial charge in [-0.15, -0.1) is 5.10 Å². The molecule has 3 atom stereocenters. The topological polar surface area (TPSA) is 91.5 Å². The Kier molecular flexibility index (Phi) is 6.53. The van der Waals surface area contributed by atoms with Crippen LogP contribution in [0.4, 0.5) is 15.8 Å². The Labute approximate surface area is 233 Å². The molecule has 6 rings (SSSR count). The third kappa shape index (κ3) is 5.16. The summed E-state index contributed by atoms with van der Waals surface area (Å²) in [5, 5.41) is 26.7. The highest BCUT2D eigenvalue weighted by Gasteiger charge is 2.30. The van der Waals surface area contributed by atoms with E-state index in [1.165, 1.54) is 18.6 Å². The number of anilines is 2. The van der Waals surface area contributed by atoms with E-state index in [4.69, 9.17) is 11.6 Å². The van der Waals surface area contributed by atoms with Crippen LogP contribution in [0.2, 0.25) is 5.02 Å². The first-order valence-corrected chi connectivity index (χ1v) is 13.9. The third-order valence-electron chi connectivity index (χ3n) is 7.99. The van der Waals surface area contributed by atoms with Gasteiger partial charge in [-0.1, -0.05) is 49.2 Å². The van der Waals surface area contributed by atoms with Gasteiger partial charge in [0.2, 0.25) is 0 Å². The van der Waals surface area contributed by atoms with Gasteiger partial charge in [0.25, 0.3) is 0 Å². The molecule has 2 fully saturated rings. The Morgan fingerprint density at radius 3 is 2.59 bits per heavy atom. The molecule has 0 aliphatic heterocycles. The monoisotopic (exact) mass is 544 g/mol. The van der Waals surface area contributed by atoms with Gasteiger partial charge in [-0.25, -0.2) is 9.07 Å². The van der Waals surface area contributed by atoms with Crippen LogP contribution in [0.3, 0.4) is 0 Å². The number of halogens is 2. The fourth-order valence-electron chi connectivity index (χ4n) is 5.66. The summed E-state index contributed by atoms with van der Waals surface area (Å²) in [7, 11) is 0. The lowest BCUT2D eigenvalue weighted by molar-refractivity contribution is 0.268. The SMILES string of the molecule is [2H][C@@](Nc1cc(Cl)c2ncc(C#N)c(NC3C(C)CCCC3C)c2c1)(c1ccc(F)cc1)c1cn(C2CC2)nn1. The highest BCUT2D eigenvalue weighted by Crippen LogP contribution is 2.39. The second-order valence-corrected chi connectivity index (χ2v) is 11.3. The summed E-state index contributed by atoms with van der Waals surface area (Å²) in [5.74, 6) is 0.506. The number of nitriles is 1. The van der Waals surface area contributed by atoms with Crippen molar-refractivity contribution in [3.63, 3.8) is 0 Å². The Morgan fingerprint density at radius 2 is 1.90 bits per heavy atom. The van der Waals surface area contributed by atoms with Gasteiger partial charge in [-0.05, 0) is 67.3 Å². The molecule has 2 saturated carbocycles. The highest BCUT2D eigenvalue weighted by atomic mass is 35.5. The molecule has 9 heteroatoms. The molecular formula is C30H31ClFN7. The molecule has 2 aromatic heterocycles. The zero-order valence-electron chi connectivity index (χ0n) is 23.0. The van der Waals surface area contributed by atoms with Gasteiger partial charge in [-0.2, -0.15) is 5.26 Å². The number of nitrogens with one attached hydrogen (secondary N) is 2. The van der Waals surface area contributed by atoms with E-state index in [0.717, 1.165) is 25.7 Å². The Hall–Kier alpha value is -3.70. The van der Waals surface area contributed by atoms with Crippen molar-refractivity contribution in [3.05, 3.63) is 76.5 Å². The minimum Gasteiger partial charge on any atom is -0.380 e. The quantitative estimate of drug-likeness (QED) is 0.254. The zero-order chi connectivity index (χ0) is 28.0. The molecule has 2 aromatic carbocycles. The van der Waals surface area contributed by atoms with Gasteiger partial charge in [-0.3, -0.25) is 4.98 Å². The number of pyridine rings is 1. The van der Waals surface area contributed by atoms with Gasteiger partial charge in [0.1, 0.15) is 17.6 Å². The van der Waals surface area contributed by atoms with Crippen LogP contribution in [0.1, 0.15) is 76.2 Å². The minimum atomic E-state index is -1.59. The van der Waals surface area contributed by atoms with Crippen molar-refractivity contribution >= 4 is 33.9 Å². The van der Waals surface area contributed by atoms with Crippen LogP contribution >= 0.6 is 11.6 Å². The fourth-order valence-corrected chi connectivity index (χ4v) is 5.93. The van der Waals surface area contributed by atoms with Crippen molar-refractivity contribution < 1.29 is 5.76 Å². The molecule has 4 aromatic rings. The van der Waals surface area contributed by atoms with E-state index in [2.05, 4.69) is 45.8 Å². The van der Waals surface area contributed by atoms with E-state index < -0.39 is 11.8 Å². The summed E-state index contributed by atoms with van der Waals surface area (Å²) in [6.07, 6.45) is 8.84. The van der Waals surface area contributed by atoms with Crippen LogP contribution in [-0.2, 0) is 0 Å². The zero-order valence-corrected chi connectivity index (χ0v) is 22.7. The lowest BCUT2D eigenvalue weighted by Crippen LogP contribution is -2.37. The first-order chi connectivity index (χ1) is 19.3. The van der Waals surface area contributed by atoms with Crippen LogP contribution < -0.4 is 10.6 Å². The van der Waals surface area contributed by atoms with Gasteiger partial charge in [0, 0.05) is 23.3 Å². The molecule has 0 spiro atoms. The van der Waals surface area contributed by atoms with E-state index in [1.54, 1.807) is 35.3 Å². The molecule has 2 heterocycles. The summed E-state index contributed by atoms with van der Waals surface area (Å²) >= 11 is 6.77. The van der Waals surface area contributed by atoms with Crippen LogP contribution in [-0.4, -0.2) is 26.0 Å². The van der Waals surface area contributed by atoms with E-state index in [-0.39, 0.29) is 6.04 Å². The first-order valence-electron chi connectivity index (χ1n) is 14.0. The van der Waals surface area contributed by atoms with Crippen molar-refractivity contribution in [2.24, 2.45) is 11.8 Å². The number of fused-ring (bicyclic) bond motifs is 1. The van der Waals surface area contributed by atoms with E-state index in [9.17, 15) is 11.0 Å². The van der Waals surface area contributed by atoms with E-state index >= 15 is 0 Å². The number of hydrogen-bond acceptors (Lipinski definition) is 6. The van der Waals surface area contributed by atoms with Crippen molar-refractivity contribution in [2.75, 3.05) is 10.6 Å². The second kappa shape index (κ2) is 10.5. The Bertz CT molecular complexity index is 1590. The molecule has 2 aliphatic carbocycles. The maximum atomic E-state index is 13.8. The average Bonchev–Trinajstić information content (AvgIpc) is 3.66. The molecule has 0 radical (unpaired) electrons. The molecule has 39 heavy (non-hydrogen) atoms. The molecule has 0 saturated heterocycles. The largest absolute Gasteiger partial charge is 0.380 e. The van der Waals surface area contributed by atoms with Crippen molar-refractivity contribution in [2.45, 2.75) is 64.1 Å². The van der Waals surface area contributed by atoms with E-state index in [0.29, 0.717) is 62.0 Å². The van der Waals surface area contributed by atoms with Gasteiger partial charge in [0.15, 0.2) is 0 Å². The number of rotatable bonds is 7. The lowest BCUT2D eigenvalue weighted by Gasteiger charge is -2.36. The lowest BCUT2D eigenvalue weighted by atomic mass is 9.78. The van der Waals surface area contributed by atoms with Crippen molar-refractivity contribution in [1.82, 2.24) is 20.0 Å². The number of benzene rings is 2. The van der Waals surface area contributed by atoms with Crippen LogP contribution in [0.5, 0.6) is 0 Å². The smallest absolute Gasteiger partial charge is 0.123 e. The first kappa shape index (κ1) is 24.3. The Balaban J connectivity index is 1.45. The maximum Gasteiger partial charge on any atom is 0.123 e. The molecule has 0 bridgehead atoms. The van der Waals surface area contributed by atoms with Gasteiger partial charge in [0.05, 0.1) is 41.4 Å². The third-order valence-corrected chi connectivity index (χ3v) is 8.28. The van der Waals surface area contributed by atoms with Crippen molar-refractivity contribution in [1.29, 1.82) is 5.26 Å². The minimum absolute atomic E-state index is 0.203. The highest BCUT2D eigenvalue weighted by molar-refractivity contribution is 6.35. The van der Waals surface area contributed by atoms with Crippen LogP contribution in [0.15, 0.2) is 48.8 Å². The van der Waals surface area contributed by atoms with E-state index in [1.807, 2.05) is 6.07 Å². The standard InChI is InChI=1S/C30H31ClFN7/c1-17-4-3-5-18(2)27(17)36-28-20(14-33)15-34-30-24(28)12-22(13-25(30)31)35-29(19-6-8-21(32)9-7-19)26-16-39(38-37-26)23-10-11-23/h6-9,12-13,15-18,23,27,29,35H,3-5,10-11H2,1-2H3,(H,34,36)/t17?,18?,27?,29-/m1/s1/i29D. The average molecular weight is 545 g/mol. The van der Waals surface area contributed by atoms with Gasteiger partial charge >= 0.3 is 0 Å². The predicted molar refractivity (Wildman–Crippen MR) is 151 cm³/mol. The molecule has 0 amide bonds. The molecule has 2 unspecified atom stereocenters. The number of hydrogen-bond donors (Lipinski definition) is 2. The van der Waals surface area contributed by atoms with Crippen LogP contribution in [0.25, 0.3) is 10.9 Å². The summed E-state index contributed by atoms with van der Waals surface area (Å²) in [6.45, 7) is 4.49. The second-order valence-electron chi connectivity index (χ2n) is 10.9. The molecular weight excluding hydrogens is 513 g/mol. The van der Waals surface area contributed by atoms with Crippen molar-refractivity contribution in [3.8, 4) is 6.07 Å². The fraction of sp³-hybridized carbons (Fsp3) is 0.400. The summed E-state index contributed by atoms with van der Waals surface area (Å²) < 4.78 is 25.2. The molecule has 2 aliphatic rings. The predicted octanol–water partition coefficient (Wildman–Crippen LogP) is 7.26. The summed E-state index contributed by atoms with van der Waals surface area (Å²) in [6, 6.07) is 10.6. The molecule has 200 valence electrons.